The van der Waals surface area contributed by atoms with Crippen LogP contribution in [0.5, 0.6) is 0 Å². The zero-order valence-corrected chi connectivity index (χ0v) is 15.1. The first-order chi connectivity index (χ1) is 12.2. The largest absolute Gasteiger partial charge is 0.480 e. The molecule has 2 aliphatic heterocycles. The van der Waals surface area contributed by atoms with Crippen LogP contribution in [0, 0.1) is 0 Å². The van der Waals surface area contributed by atoms with Gasteiger partial charge in [-0.2, -0.15) is 0 Å². The maximum Gasteiger partial charge on any atom is 0.327 e. The molecule has 8 nitrogen and oxygen atoms in total. The summed E-state index contributed by atoms with van der Waals surface area (Å²) in [6.45, 7) is 3.27. The monoisotopic (exact) mass is 377 g/mol. The fourth-order valence-corrected chi connectivity index (χ4v) is 4.85. The Morgan fingerprint density at radius 2 is 1.88 bits per heavy atom. The molecule has 3 amide bonds. The van der Waals surface area contributed by atoms with Crippen LogP contribution in [0.2, 0.25) is 0 Å². The quantitative estimate of drug-likeness (QED) is 0.625. The van der Waals surface area contributed by atoms with Gasteiger partial charge in [0.1, 0.15) is 17.5 Å². The van der Waals surface area contributed by atoms with Crippen molar-refractivity contribution in [1.82, 2.24) is 15.5 Å². The van der Waals surface area contributed by atoms with E-state index in [9.17, 15) is 24.3 Å². The Morgan fingerprint density at radius 3 is 2.50 bits per heavy atom. The van der Waals surface area contributed by atoms with E-state index in [0.29, 0.717) is 5.56 Å². The van der Waals surface area contributed by atoms with Crippen LogP contribution in [0.15, 0.2) is 30.3 Å². The van der Waals surface area contributed by atoms with Crippen molar-refractivity contribution >= 4 is 35.5 Å². The third kappa shape index (κ3) is 3.14. The number of aliphatic carboxylic acids is 1. The standard InChI is InChI=1S/C17H19N3O5S/c1-17(2)12(16(24)25)20-14(23)11(15(20)26-17)19-10(21)8-18-13(22)9-6-4-3-5-7-9/h3-7,11-12,15H,8H2,1-2H3,(H,18,22)(H,19,21)(H,24,25)/t11-,12+,15-/m1/s1. The van der Waals surface area contributed by atoms with Gasteiger partial charge in [-0.05, 0) is 26.0 Å². The van der Waals surface area contributed by atoms with Crippen molar-refractivity contribution in [3.63, 3.8) is 0 Å². The normalized spacial score (nSPS) is 25.8. The number of rotatable bonds is 5. The van der Waals surface area contributed by atoms with Crippen LogP contribution in [0.25, 0.3) is 0 Å². The summed E-state index contributed by atoms with van der Waals surface area (Å²) in [5.74, 6) is -2.35. The van der Waals surface area contributed by atoms with Gasteiger partial charge in [0.05, 0.1) is 6.54 Å². The number of nitrogens with zero attached hydrogens (tertiary/aromatic N) is 1. The van der Waals surface area contributed by atoms with Crippen molar-refractivity contribution in [3.8, 4) is 0 Å². The highest BCUT2D eigenvalue weighted by molar-refractivity contribution is 8.01. The fourth-order valence-electron chi connectivity index (χ4n) is 3.22. The molecule has 0 saturated carbocycles. The lowest BCUT2D eigenvalue weighted by Crippen LogP contribution is -2.71. The van der Waals surface area contributed by atoms with Gasteiger partial charge in [0.2, 0.25) is 11.8 Å². The second kappa shape index (κ2) is 6.64. The predicted molar refractivity (Wildman–Crippen MR) is 94.4 cm³/mol. The van der Waals surface area contributed by atoms with Gasteiger partial charge >= 0.3 is 5.97 Å². The Bertz CT molecular complexity index is 767. The number of nitrogens with one attached hydrogen (secondary N) is 2. The number of carbonyl (C=O) groups is 4. The molecule has 0 radical (unpaired) electrons. The van der Waals surface area contributed by atoms with Gasteiger partial charge in [0.25, 0.3) is 5.91 Å². The lowest BCUT2D eigenvalue weighted by molar-refractivity contribution is -0.161. The first-order valence-electron chi connectivity index (χ1n) is 8.08. The molecule has 1 aromatic rings. The Hall–Kier alpha value is -2.55. The number of hydrogen-bond acceptors (Lipinski definition) is 5. The average Bonchev–Trinajstić information content (AvgIpc) is 2.86. The number of fused-ring (bicyclic) bond motifs is 1. The zero-order valence-electron chi connectivity index (χ0n) is 14.3. The van der Waals surface area contributed by atoms with Crippen molar-refractivity contribution in [2.45, 2.75) is 36.1 Å². The van der Waals surface area contributed by atoms with Crippen LogP contribution in [0.4, 0.5) is 0 Å². The van der Waals surface area contributed by atoms with Crippen molar-refractivity contribution in [2.75, 3.05) is 6.54 Å². The van der Waals surface area contributed by atoms with E-state index in [4.69, 9.17) is 0 Å². The first kappa shape index (κ1) is 18.2. The predicted octanol–water partition coefficient (Wildman–Crippen LogP) is 0.0481. The summed E-state index contributed by atoms with van der Waals surface area (Å²) in [7, 11) is 0. The Morgan fingerprint density at radius 1 is 1.23 bits per heavy atom. The second-order valence-electron chi connectivity index (χ2n) is 6.69. The van der Waals surface area contributed by atoms with Gasteiger partial charge in [-0.15, -0.1) is 11.8 Å². The van der Waals surface area contributed by atoms with Gasteiger partial charge in [-0.3, -0.25) is 14.4 Å². The van der Waals surface area contributed by atoms with Gasteiger partial charge in [-0.1, -0.05) is 18.2 Å². The van der Waals surface area contributed by atoms with Crippen molar-refractivity contribution in [1.29, 1.82) is 0 Å². The van der Waals surface area contributed by atoms with Crippen LogP contribution in [0.1, 0.15) is 24.2 Å². The molecule has 3 rings (SSSR count). The van der Waals surface area contributed by atoms with E-state index >= 15 is 0 Å². The van der Waals surface area contributed by atoms with Gasteiger partial charge in [0.15, 0.2) is 0 Å². The number of thioether (sulfide) groups is 1. The van der Waals surface area contributed by atoms with Crippen LogP contribution in [0.3, 0.4) is 0 Å². The van der Waals surface area contributed by atoms with Crippen LogP contribution in [-0.2, 0) is 14.4 Å². The molecular weight excluding hydrogens is 358 g/mol. The second-order valence-corrected chi connectivity index (χ2v) is 8.46. The molecule has 26 heavy (non-hydrogen) atoms. The minimum absolute atomic E-state index is 0.263. The summed E-state index contributed by atoms with van der Waals surface area (Å²) in [4.78, 5) is 49.0. The average molecular weight is 377 g/mol. The number of carbonyl (C=O) groups excluding carboxylic acids is 3. The summed E-state index contributed by atoms with van der Waals surface area (Å²) >= 11 is 1.35. The molecule has 138 valence electrons. The van der Waals surface area contributed by atoms with Crippen molar-refractivity contribution < 1.29 is 24.3 Å². The third-order valence-corrected chi connectivity index (χ3v) is 6.01. The molecule has 0 spiro atoms. The summed E-state index contributed by atoms with van der Waals surface area (Å²) in [6.07, 6.45) is 0. The first-order valence-corrected chi connectivity index (χ1v) is 8.96. The number of benzene rings is 1. The minimum atomic E-state index is -1.06. The molecular formula is C17H19N3O5S. The van der Waals surface area contributed by atoms with E-state index < -0.39 is 40.0 Å². The Kier molecular flexibility index (Phi) is 4.66. The van der Waals surface area contributed by atoms with E-state index in [1.54, 1.807) is 44.2 Å². The molecule has 0 aliphatic carbocycles. The van der Waals surface area contributed by atoms with Crippen LogP contribution >= 0.6 is 11.8 Å². The molecule has 1 aromatic carbocycles. The zero-order chi connectivity index (χ0) is 19.1. The van der Waals surface area contributed by atoms with Crippen LogP contribution in [-0.4, -0.2) is 62.4 Å². The molecule has 2 fully saturated rings. The van der Waals surface area contributed by atoms with Crippen molar-refractivity contribution in [3.05, 3.63) is 35.9 Å². The fraction of sp³-hybridized carbons (Fsp3) is 0.412. The lowest BCUT2D eigenvalue weighted by atomic mass is 9.96. The molecule has 9 heteroatoms. The molecule has 2 saturated heterocycles. The number of carboxylic acid groups (broad SMARTS) is 1. The third-order valence-electron chi connectivity index (χ3n) is 4.44. The highest BCUT2D eigenvalue weighted by Crippen LogP contribution is 2.50. The smallest absolute Gasteiger partial charge is 0.327 e. The summed E-state index contributed by atoms with van der Waals surface area (Å²) in [6, 6.07) is 6.78. The molecule has 0 aromatic heterocycles. The highest BCUT2D eigenvalue weighted by Gasteiger charge is 2.64. The maximum atomic E-state index is 12.3. The maximum absolute atomic E-state index is 12.3. The van der Waals surface area contributed by atoms with Gasteiger partial charge < -0.3 is 20.6 Å². The van der Waals surface area contributed by atoms with E-state index in [1.165, 1.54) is 16.7 Å². The molecule has 0 unspecified atom stereocenters. The van der Waals surface area contributed by atoms with E-state index in [-0.39, 0.29) is 12.5 Å². The summed E-state index contributed by atoms with van der Waals surface area (Å²) in [5.41, 5.74) is 0.434. The molecule has 3 N–H and O–H groups in total. The molecule has 2 heterocycles. The minimum Gasteiger partial charge on any atom is -0.480 e. The van der Waals surface area contributed by atoms with Gasteiger partial charge in [0, 0.05) is 10.3 Å². The highest BCUT2D eigenvalue weighted by atomic mass is 32.2. The molecule has 0 bridgehead atoms. The Balaban J connectivity index is 1.56. The summed E-state index contributed by atoms with van der Waals surface area (Å²) < 4.78 is -0.646. The topological polar surface area (TPSA) is 116 Å². The Labute approximate surface area is 154 Å². The lowest BCUT2D eigenvalue weighted by Gasteiger charge is -2.43. The number of carboxylic acids is 1. The summed E-state index contributed by atoms with van der Waals surface area (Å²) in [5, 5.41) is 14.0. The van der Waals surface area contributed by atoms with E-state index in [2.05, 4.69) is 10.6 Å². The number of amides is 3. The van der Waals surface area contributed by atoms with Crippen molar-refractivity contribution in [2.24, 2.45) is 0 Å². The SMILES string of the molecule is CC1(C)S[C@@H]2[C@H](NC(=O)CNC(=O)c3ccccc3)C(=O)N2[C@H]1C(=O)O. The van der Waals surface area contributed by atoms with E-state index in [0.717, 1.165) is 0 Å². The van der Waals surface area contributed by atoms with E-state index in [1.807, 2.05) is 0 Å². The van der Waals surface area contributed by atoms with Crippen LogP contribution < -0.4 is 10.6 Å². The number of β-lactam (4-membered cyclic amide) rings is 1. The number of hydrogen-bond donors (Lipinski definition) is 3. The van der Waals surface area contributed by atoms with Gasteiger partial charge in [-0.25, -0.2) is 4.79 Å². The molecule has 3 atom stereocenters. The molecule has 2 aliphatic rings.